The zero-order valence-corrected chi connectivity index (χ0v) is 9.32. The number of H-pyrrole nitrogens is 1. The van der Waals surface area contributed by atoms with Crippen molar-refractivity contribution >= 4 is 34.6 Å². The maximum absolute atomic E-state index is 10.5. The van der Waals surface area contributed by atoms with E-state index in [1.165, 1.54) is 4.90 Å². The van der Waals surface area contributed by atoms with Gasteiger partial charge in [-0.1, -0.05) is 11.6 Å². The summed E-state index contributed by atoms with van der Waals surface area (Å²) < 4.78 is 0. The van der Waals surface area contributed by atoms with Crippen LogP contribution in [-0.4, -0.2) is 34.6 Å². The molecule has 0 unspecified atom stereocenters. The summed E-state index contributed by atoms with van der Waals surface area (Å²) in [6.45, 7) is -0.104. The van der Waals surface area contributed by atoms with Crippen LogP contribution in [0.1, 0.15) is 0 Å². The Morgan fingerprint density at radius 3 is 3.06 bits per heavy atom. The molecule has 0 bridgehead atoms. The highest BCUT2D eigenvalue weighted by Gasteiger charge is 2.10. The zero-order chi connectivity index (χ0) is 11.7. The first kappa shape index (κ1) is 10.8. The summed E-state index contributed by atoms with van der Waals surface area (Å²) in [6, 6.07) is 5.28. The van der Waals surface area contributed by atoms with E-state index in [0.29, 0.717) is 11.0 Å². The number of carboxylic acids is 1. The number of hydrogen-bond acceptors (Lipinski definition) is 3. The molecule has 6 heteroatoms. The molecule has 1 heterocycles. The molecule has 2 rings (SSSR count). The summed E-state index contributed by atoms with van der Waals surface area (Å²) in [7, 11) is 1.66. The number of likely N-dealkylation sites (N-methyl/N-ethyl adjacent to an activating group) is 1. The Morgan fingerprint density at radius 2 is 2.38 bits per heavy atom. The van der Waals surface area contributed by atoms with Crippen LogP contribution in [0.4, 0.5) is 5.95 Å². The summed E-state index contributed by atoms with van der Waals surface area (Å²) in [5.41, 5.74) is 1.55. The van der Waals surface area contributed by atoms with Crippen molar-refractivity contribution in [2.45, 2.75) is 0 Å². The molecular weight excluding hydrogens is 230 g/mol. The fourth-order valence-electron chi connectivity index (χ4n) is 1.43. The van der Waals surface area contributed by atoms with Gasteiger partial charge in [0.05, 0.1) is 11.0 Å². The fourth-order valence-corrected chi connectivity index (χ4v) is 1.60. The number of aromatic nitrogens is 2. The molecule has 2 aromatic rings. The average Bonchev–Trinajstić information content (AvgIpc) is 2.59. The van der Waals surface area contributed by atoms with Crippen LogP contribution in [0.2, 0.25) is 5.02 Å². The molecule has 1 aromatic heterocycles. The summed E-state index contributed by atoms with van der Waals surface area (Å²) in [5, 5.41) is 9.27. The zero-order valence-electron chi connectivity index (χ0n) is 8.57. The highest BCUT2D eigenvalue weighted by atomic mass is 35.5. The Morgan fingerprint density at radius 1 is 1.62 bits per heavy atom. The van der Waals surface area contributed by atoms with Crippen molar-refractivity contribution < 1.29 is 9.90 Å². The number of carbonyl (C=O) groups is 1. The van der Waals surface area contributed by atoms with E-state index in [-0.39, 0.29) is 6.54 Å². The SMILES string of the molecule is CN(CC(=O)O)c1nc2ccc(Cl)cc2[nH]1. The molecule has 0 aliphatic heterocycles. The van der Waals surface area contributed by atoms with Crippen LogP contribution >= 0.6 is 11.6 Å². The highest BCUT2D eigenvalue weighted by Crippen LogP contribution is 2.20. The van der Waals surface area contributed by atoms with Crippen LogP contribution < -0.4 is 4.90 Å². The second-order valence-electron chi connectivity index (χ2n) is 3.47. The molecule has 0 saturated heterocycles. The molecule has 0 aliphatic rings. The summed E-state index contributed by atoms with van der Waals surface area (Å²) >= 11 is 5.84. The first-order valence-electron chi connectivity index (χ1n) is 4.64. The minimum Gasteiger partial charge on any atom is -0.480 e. The number of anilines is 1. The molecule has 1 aromatic carbocycles. The van der Waals surface area contributed by atoms with E-state index >= 15 is 0 Å². The molecule has 84 valence electrons. The maximum atomic E-state index is 10.5. The minimum absolute atomic E-state index is 0.104. The van der Waals surface area contributed by atoms with Crippen LogP contribution in [0, 0.1) is 0 Å². The number of benzene rings is 1. The first-order valence-corrected chi connectivity index (χ1v) is 5.02. The number of imidazole rings is 1. The number of aromatic amines is 1. The Hall–Kier alpha value is -1.75. The molecule has 0 spiro atoms. The normalized spacial score (nSPS) is 10.6. The van der Waals surface area contributed by atoms with Gasteiger partial charge in [0, 0.05) is 12.1 Å². The largest absolute Gasteiger partial charge is 0.480 e. The van der Waals surface area contributed by atoms with Gasteiger partial charge in [-0.25, -0.2) is 4.98 Å². The number of halogens is 1. The van der Waals surface area contributed by atoms with Crippen LogP contribution in [0.5, 0.6) is 0 Å². The van der Waals surface area contributed by atoms with Gasteiger partial charge in [-0.3, -0.25) is 4.79 Å². The van der Waals surface area contributed by atoms with Gasteiger partial charge in [-0.2, -0.15) is 0 Å². The number of aliphatic carboxylic acids is 1. The van der Waals surface area contributed by atoms with Crippen molar-refractivity contribution in [1.29, 1.82) is 0 Å². The van der Waals surface area contributed by atoms with E-state index in [1.807, 2.05) is 0 Å². The second-order valence-corrected chi connectivity index (χ2v) is 3.91. The third kappa shape index (κ3) is 2.09. The number of fused-ring (bicyclic) bond motifs is 1. The average molecular weight is 240 g/mol. The van der Waals surface area contributed by atoms with Gasteiger partial charge in [-0.15, -0.1) is 0 Å². The quantitative estimate of drug-likeness (QED) is 0.856. The van der Waals surface area contributed by atoms with Gasteiger partial charge < -0.3 is 15.0 Å². The summed E-state index contributed by atoms with van der Waals surface area (Å²) in [5.74, 6) is -0.388. The topological polar surface area (TPSA) is 69.2 Å². The molecule has 16 heavy (non-hydrogen) atoms. The third-order valence-electron chi connectivity index (χ3n) is 2.17. The molecule has 0 aliphatic carbocycles. The summed E-state index contributed by atoms with van der Waals surface area (Å²) in [6.07, 6.45) is 0. The smallest absolute Gasteiger partial charge is 0.323 e. The second kappa shape index (κ2) is 4.02. The predicted octanol–water partition coefficient (Wildman–Crippen LogP) is 1.74. The van der Waals surface area contributed by atoms with Crippen LogP contribution in [0.25, 0.3) is 11.0 Å². The Balaban J connectivity index is 2.35. The predicted molar refractivity (Wildman–Crippen MR) is 62.0 cm³/mol. The van der Waals surface area contributed by atoms with Crippen molar-refractivity contribution in [2.24, 2.45) is 0 Å². The van der Waals surface area contributed by atoms with E-state index < -0.39 is 5.97 Å². The maximum Gasteiger partial charge on any atom is 0.323 e. The number of rotatable bonds is 3. The molecule has 0 radical (unpaired) electrons. The van der Waals surface area contributed by atoms with Crippen molar-refractivity contribution in [3.8, 4) is 0 Å². The molecule has 0 saturated carbocycles. The van der Waals surface area contributed by atoms with E-state index in [2.05, 4.69) is 9.97 Å². The molecule has 5 nitrogen and oxygen atoms in total. The van der Waals surface area contributed by atoms with Crippen LogP contribution in [-0.2, 0) is 4.79 Å². The lowest BCUT2D eigenvalue weighted by Crippen LogP contribution is -2.25. The molecular formula is C10H10ClN3O2. The van der Waals surface area contributed by atoms with Crippen LogP contribution in [0.15, 0.2) is 18.2 Å². The number of nitrogens with zero attached hydrogens (tertiary/aromatic N) is 2. The Kier molecular flexibility index (Phi) is 2.70. The Labute approximate surface area is 96.7 Å². The van der Waals surface area contributed by atoms with E-state index in [1.54, 1.807) is 25.2 Å². The van der Waals surface area contributed by atoms with Gasteiger partial charge in [0.25, 0.3) is 0 Å². The fraction of sp³-hybridized carbons (Fsp3) is 0.200. The van der Waals surface area contributed by atoms with Crippen LogP contribution in [0.3, 0.4) is 0 Å². The van der Waals surface area contributed by atoms with E-state index in [4.69, 9.17) is 16.7 Å². The minimum atomic E-state index is -0.902. The lowest BCUT2D eigenvalue weighted by molar-refractivity contribution is -0.135. The molecule has 0 atom stereocenters. The van der Waals surface area contributed by atoms with E-state index in [9.17, 15) is 4.79 Å². The molecule has 0 amide bonds. The van der Waals surface area contributed by atoms with Crippen molar-refractivity contribution in [2.75, 3.05) is 18.5 Å². The van der Waals surface area contributed by atoms with Gasteiger partial charge >= 0.3 is 5.97 Å². The van der Waals surface area contributed by atoms with Crippen molar-refractivity contribution in [1.82, 2.24) is 9.97 Å². The van der Waals surface area contributed by atoms with Crippen molar-refractivity contribution in [3.63, 3.8) is 0 Å². The van der Waals surface area contributed by atoms with Gasteiger partial charge in [0.2, 0.25) is 5.95 Å². The Bertz CT molecular complexity index is 538. The molecule has 2 N–H and O–H groups in total. The lowest BCUT2D eigenvalue weighted by atomic mass is 10.3. The number of carboxylic acid groups (broad SMARTS) is 1. The third-order valence-corrected chi connectivity index (χ3v) is 2.40. The number of hydrogen-bond donors (Lipinski definition) is 2. The number of nitrogens with one attached hydrogen (secondary N) is 1. The monoisotopic (exact) mass is 239 g/mol. The lowest BCUT2D eigenvalue weighted by Gasteiger charge is -2.11. The van der Waals surface area contributed by atoms with Gasteiger partial charge in [0.15, 0.2) is 0 Å². The highest BCUT2D eigenvalue weighted by molar-refractivity contribution is 6.31. The van der Waals surface area contributed by atoms with Gasteiger partial charge in [-0.05, 0) is 18.2 Å². The van der Waals surface area contributed by atoms with Gasteiger partial charge in [0.1, 0.15) is 6.54 Å². The van der Waals surface area contributed by atoms with E-state index in [0.717, 1.165) is 11.0 Å². The summed E-state index contributed by atoms with van der Waals surface area (Å²) in [4.78, 5) is 19.3. The first-order chi connectivity index (χ1) is 7.56. The molecule has 0 fully saturated rings. The standard InChI is InChI=1S/C10H10ClN3O2/c1-14(5-9(15)16)10-12-7-3-2-6(11)4-8(7)13-10/h2-4H,5H2,1H3,(H,12,13)(H,15,16). The van der Waals surface area contributed by atoms with Crippen molar-refractivity contribution in [3.05, 3.63) is 23.2 Å².